The highest BCUT2D eigenvalue weighted by Gasteiger charge is 2.44. The van der Waals surface area contributed by atoms with Gasteiger partial charge in [0, 0.05) is 5.56 Å². The summed E-state index contributed by atoms with van der Waals surface area (Å²) in [6.07, 6.45) is 0. The highest BCUT2D eigenvalue weighted by molar-refractivity contribution is 14.1. The topological polar surface area (TPSA) is 51.2 Å². The molecule has 0 aliphatic rings. The predicted molar refractivity (Wildman–Crippen MR) is 75.9 cm³/mol. The second-order valence-corrected chi connectivity index (χ2v) is 11.1. The van der Waals surface area contributed by atoms with Crippen LogP contribution in [0.15, 0.2) is 30.3 Å². The number of halogens is 2. The molecule has 0 aromatic heterocycles. The van der Waals surface area contributed by atoms with Crippen LogP contribution in [0.1, 0.15) is 17.3 Å². The maximum absolute atomic E-state index is 12.0. The number of rotatable bonds is 4. The number of carbonyl (C=O) groups is 1. The summed E-state index contributed by atoms with van der Waals surface area (Å²) in [4.78, 5) is 12.0. The molecule has 0 saturated heterocycles. The molecule has 1 aromatic rings. The molecule has 0 spiro atoms. The SMILES string of the molecule is CCS(=O)(=O)[C@@](Br)(I)C(=O)c1ccccc1. The van der Waals surface area contributed by atoms with Gasteiger partial charge in [0.2, 0.25) is 7.45 Å². The van der Waals surface area contributed by atoms with E-state index in [1.807, 2.05) is 0 Å². The van der Waals surface area contributed by atoms with Gasteiger partial charge in [0.1, 0.15) is 0 Å². The summed E-state index contributed by atoms with van der Waals surface area (Å²) in [5.74, 6) is -0.532. The van der Waals surface area contributed by atoms with Crippen LogP contribution < -0.4 is 0 Å². The Morgan fingerprint density at radius 3 is 2.31 bits per heavy atom. The third kappa shape index (κ3) is 2.65. The first-order valence-corrected chi connectivity index (χ1v) is 8.05. The van der Waals surface area contributed by atoms with Crippen LogP contribution >= 0.6 is 38.5 Å². The summed E-state index contributed by atoms with van der Waals surface area (Å²) in [5.41, 5.74) is 0.380. The monoisotopic (exact) mass is 416 g/mol. The lowest BCUT2D eigenvalue weighted by atomic mass is 10.2. The van der Waals surface area contributed by atoms with Gasteiger partial charge in [-0.3, -0.25) is 4.79 Å². The average molecular weight is 417 g/mol. The number of carbonyl (C=O) groups excluding carboxylic acids is 1. The fraction of sp³-hybridized carbons (Fsp3) is 0.300. The Hall–Kier alpha value is 0.0500. The van der Waals surface area contributed by atoms with Gasteiger partial charge in [-0.2, -0.15) is 0 Å². The Bertz CT molecular complexity index is 482. The third-order valence-corrected chi connectivity index (χ3v) is 8.14. The number of sulfone groups is 1. The van der Waals surface area contributed by atoms with E-state index < -0.39 is 17.3 Å². The van der Waals surface area contributed by atoms with Crippen LogP contribution in [0.5, 0.6) is 0 Å². The third-order valence-electron chi connectivity index (χ3n) is 2.07. The van der Waals surface area contributed by atoms with Crippen LogP contribution in [0.25, 0.3) is 0 Å². The van der Waals surface area contributed by atoms with Crippen LogP contribution in [0, 0.1) is 0 Å². The molecule has 16 heavy (non-hydrogen) atoms. The summed E-state index contributed by atoms with van der Waals surface area (Å²) >= 11 is 4.64. The fourth-order valence-electron chi connectivity index (χ4n) is 1.08. The normalized spacial score (nSPS) is 15.4. The first kappa shape index (κ1) is 14.1. The molecule has 0 fully saturated rings. The molecule has 0 radical (unpaired) electrons. The molecule has 0 heterocycles. The van der Waals surface area contributed by atoms with Crippen molar-refractivity contribution in [2.45, 2.75) is 8.59 Å². The molecule has 1 atom stereocenters. The van der Waals surface area contributed by atoms with E-state index in [0.29, 0.717) is 5.56 Å². The molecule has 6 heteroatoms. The quantitative estimate of drug-likeness (QED) is 0.430. The minimum absolute atomic E-state index is 0.0836. The maximum Gasteiger partial charge on any atom is 0.239 e. The van der Waals surface area contributed by atoms with Gasteiger partial charge >= 0.3 is 0 Å². The van der Waals surface area contributed by atoms with Crippen molar-refractivity contribution in [1.29, 1.82) is 0 Å². The molecule has 0 aliphatic heterocycles. The van der Waals surface area contributed by atoms with E-state index in [2.05, 4.69) is 15.9 Å². The van der Waals surface area contributed by atoms with Gasteiger partial charge in [0.05, 0.1) is 5.75 Å². The molecule has 3 nitrogen and oxygen atoms in total. The number of Topliss-reactive ketones (excluding diaryl/α,β-unsaturated/α-hetero) is 1. The second kappa shape index (κ2) is 5.14. The van der Waals surface area contributed by atoms with E-state index in [0.717, 1.165) is 0 Å². The smallest absolute Gasteiger partial charge is 0.239 e. The van der Waals surface area contributed by atoms with E-state index >= 15 is 0 Å². The van der Waals surface area contributed by atoms with E-state index in [1.165, 1.54) is 6.92 Å². The van der Waals surface area contributed by atoms with Crippen molar-refractivity contribution in [3.05, 3.63) is 35.9 Å². The first-order valence-electron chi connectivity index (χ1n) is 4.53. The molecule has 0 aliphatic carbocycles. The van der Waals surface area contributed by atoms with Gasteiger partial charge in [-0.05, 0) is 38.5 Å². The Morgan fingerprint density at radius 2 is 1.88 bits per heavy atom. The van der Waals surface area contributed by atoms with Gasteiger partial charge in [-0.25, -0.2) is 8.42 Å². The lowest BCUT2D eigenvalue weighted by Gasteiger charge is -2.18. The number of hydrogen-bond donors (Lipinski definition) is 0. The summed E-state index contributed by atoms with van der Waals surface area (Å²) in [6, 6.07) is 8.37. The maximum atomic E-state index is 12.0. The van der Waals surface area contributed by atoms with Gasteiger partial charge in [0.15, 0.2) is 9.84 Å². The zero-order chi connectivity index (χ0) is 12.4. The van der Waals surface area contributed by atoms with Crippen molar-refractivity contribution >= 4 is 54.1 Å². The Labute approximate surface area is 117 Å². The number of hydrogen-bond acceptors (Lipinski definition) is 3. The minimum Gasteiger partial charge on any atom is -0.290 e. The van der Waals surface area contributed by atoms with Crippen molar-refractivity contribution < 1.29 is 13.2 Å². The van der Waals surface area contributed by atoms with Gasteiger partial charge in [-0.1, -0.05) is 37.3 Å². The molecular weight excluding hydrogens is 407 g/mol. The van der Waals surface area contributed by atoms with Crippen molar-refractivity contribution in [3.63, 3.8) is 0 Å². The Kier molecular flexibility index (Phi) is 4.53. The lowest BCUT2D eigenvalue weighted by molar-refractivity contribution is 0.101. The highest BCUT2D eigenvalue weighted by Crippen LogP contribution is 2.37. The van der Waals surface area contributed by atoms with Gasteiger partial charge < -0.3 is 0 Å². The van der Waals surface area contributed by atoms with Crippen LogP contribution in [0.4, 0.5) is 0 Å². The Balaban J connectivity index is 3.17. The van der Waals surface area contributed by atoms with Crippen LogP contribution in [-0.2, 0) is 9.84 Å². The van der Waals surface area contributed by atoms with E-state index in [4.69, 9.17) is 0 Å². The standard InChI is InChI=1S/C10H10BrIO3S/c1-2-16(14,15)10(11,12)9(13)8-6-4-3-5-7-8/h3-7H,2H2,1H3/t10-/m0/s1. The number of benzene rings is 1. The zero-order valence-electron chi connectivity index (χ0n) is 8.48. The molecular formula is C10H10BrIO3S. The molecule has 0 bridgehead atoms. The van der Waals surface area contributed by atoms with Crippen molar-refractivity contribution in [2.24, 2.45) is 0 Å². The van der Waals surface area contributed by atoms with Gasteiger partial charge in [-0.15, -0.1) is 0 Å². The largest absolute Gasteiger partial charge is 0.290 e. The molecule has 0 unspecified atom stereocenters. The number of alkyl halides is 2. The Morgan fingerprint density at radius 1 is 1.38 bits per heavy atom. The lowest BCUT2D eigenvalue weighted by Crippen LogP contribution is -2.35. The summed E-state index contributed by atoms with van der Waals surface area (Å²) in [6.45, 7) is 1.52. The predicted octanol–water partition coefficient (Wildman–Crippen LogP) is 2.79. The molecule has 0 saturated carbocycles. The molecule has 88 valence electrons. The molecule has 1 aromatic carbocycles. The van der Waals surface area contributed by atoms with Gasteiger partial charge in [0.25, 0.3) is 0 Å². The van der Waals surface area contributed by atoms with Crippen molar-refractivity contribution in [3.8, 4) is 0 Å². The van der Waals surface area contributed by atoms with Crippen LogP contribution in [-0.4, -0.2) is 21.6 Å². The van der Waals surface area contributed by atoms with Crippen LogP contribution in [0.2, 0.25) is 0 Å². The first-order chi connectivity index (χ1) is 7.33. The second-order valence-electron chi connectivity index (χ2n) is 3.12. The van der Waals surface area contributed by atoms with Crippen molar-refractivity contribution in [1.82, 2.24) is 0 Å². The molecule has 0 amide bonds. The molecule has 0 N–H and O–H groups in total. The van der Waals surface area contributed by atoms with E-state index in [9.17, 15) is 13.2 Å². The average Bonchev–Trinajstić information content (AvgIpc) is 2.29. The number of ketones is 1. The highest BCUT2D eigenvalue weighted by atomic mass is 127. The van der Waals surface area contributed by atoms with Crippen molar-refractivity contribution in [2.75, 3.05) is 5.75 Å². The minimum atomic E-state index is -3.49. The zero-order valence-corrected chi connectivity index (χ0v) is 13.0. The summed E-state index contributed by atoms with van der Waals surface area (Å²) < 4.78 is 21.9. The molecule has 1 rings (SSSR count). The van der Waals surface area contributed by atoms with E-state index in [-0.39, 0.29) is 5.75 Å². The van der Waals surface area contributed by atoms with Crippen LogP contribution in [0.3, 0.4) is 0 Å². The fourth-order valence-corrected chi connectivity index (χ4v) is 4.00. The summed E-state index contributed by atoms with van der Waals surface area (Å²) in [7, 11) is -3.49. The summed E-state index contributed by atoms with van der Waals surface area (Å²) in [5, 5.41) is 0. The van der Waals surface area contributed by atoms with E-state index in [1.54, 1.807) is 52.9 Å².